The van der Waals surface area contributed by atoms with Crippen molar-refractivity contribution < 1.29 is 24.6 Å². The van der Waals surface area contributed by atoms with Crippen molar-refractivity contribution in [2.45, 2.75) is 32.1 Å². The molecule has 1 heterocycles. The highest BCUT2D eigenvalue weighted by molar-refractivity contribution is 6.27. The Morgan fingerprint density at radius 1 is 0.938 bits per heavy atom. The first-order valence-electron chi connectivity index (χ1n) is 10.9. The second-order valence-electron chi connectivity index (χ2n) is 8.02. The van der Waals surface area contributed by atoms with Crippen molar-refractivity contribution in [3.05, 3.63) is 71.8 Å². The molecule has 3 rings (SSSR count). The molecule has 1 atom stereocenters. The summed E-state index contributed by atoms with van der Waals surface area (Å²) >= 11 is 0. The lowest BCUT2D eigenvalue weighted by Gasteiger charge is -2.33. The van der Waals surface area contributed by atoms with Gasteiger partial charge in [-0.05, 0) is 49.4 Å². The number of piperidine rings is 1. The standard InChI is InChI=1S/C23H30N2O.C2H2O4/c1-19(21-10-6-3-7-11-21)18-25-16-13-22(14-17-25)23(26)24-15-12-20-8-4-2-5-9-20;3-1(4)2(5)6/h2-11,19,22H,12-18H2,1H3,(H,24,26);(H,3,4)(H,5,6). The molecule has 2 aromatic carbocycles. The number of benzene rings is 2. The first-order chi connectivity index (χ1) is 15.4. The predicted octanol–water partition coefficient (Wildman–Crippen LogP) is 3.02. The van der Waals surface area contributed by atoms with Gasteiger partial charge >= 0.3 is 11.9 Å². The van der Waals surface area contributed by atoms with Crippen molar-refractivity contribution in [1.82, 2.24) is 10.2 Å². The number of carbonyl (C=O) groups excluding carboxylic acids is 1. The smallest absolute Gasteiger partial charge is 0.414 e. The largest absolute Gasteiger partial charge is 0.473 e. The number of hydrogen-bond acceptors (Lipinski definition) is 4. The topological polar surface area (TPSA) is 107 Å². The van der Waals surface area contributed by atoms with Gasteiger partial charge in [0.1, 0.15) is 0 Å². The summed E-state index contributed by atoms with van der Waals surface area (Å²) in [7, 11) is 0. The normalized spacial score (nSPS) is 15.2. The summed E-state index contributed by atoms with van der Waals surface area (Å²) in [4.78, 5) is 33.1. The van der Waals surface area contributed by atoms with E-state index >= 15 is 0 Å². The SMILES string of the molecule is CC(CN1CCC(C(=O)NCCc2ccccc2)CC1)c1ccccc1.O=C(O)C(=O)O. The molecule has 0 bridgehead atoms. The highest BCUT2D eigenvalue weighted by Gasteiger charge is 2.25. The van der Waals surface area contributed by atoms with E-state index in [2.05, 4.69) is 59.6 Å². The van der Waals surface area contributed by atoms with E-state index in [1.165, 1.54) is 11.1 Å². The highest BCUT2D eigenvalue weighted by Crippen LogP contribution is 2.22. The molecule has 1 aliphatic rings. The second kappa shape index (κ2) is 13.3. The zero-order chi connectivity index (χ0) is 23.3. The molecule has 1 amide bonds. The minimum Gasteiger partial charge on any atom is -0.473 e. The van der Waals surface area contributed by atoms with Crippen LogP contribution < -0.4 is 5.32 Å². The van der Waals surface area contributed by atoms with E-state index in [9.17, 15) is 4.79 Å². The third-order valence-electron chi connectivity index (χ3n) is 5.60. The van der Waals surface area contributed by atoms with Gasteiger partial charge in [0.05, 0.1) is 0 Å². The quantitative estimate of drug-likeness (QED) is 0.572. The van der Waals surface area contributed by atoms with E-state index in [1.54, 1.807) is 0 Å². The molecular formula is C25H32N2O5. The Morgan fingerprint density at radius 3 is 2.00 bits per heavy atom. The number of rotatable bonds is 7. The molecule has 0 spiro atoms. The number of likely N-dealkylation sites (tertiary alicyclic amines) is 1. The Labute approximate surface area is 189 Å². The van der Waals surface area contributed by atoms with Gasteiger partial charge in [0.2, 0.25) is 5.91 Å². The lowest BCUT2D eigenvalue weighted by atomic mass is 9.94. The fourth-order valence-electron chi connectivity index (χ4n) is 3.77. The first kappa shape index (κ1) is 25.1. The van der Waals surface area contributed by atoms with E-state index in [1.807, 2.05) is 18.2 Å². The van der Waals surface area contributed by atoms with E-state index in [4.69, 9.17) is 19.8 Å². The van der Waals surface area contributed by atoms with Gasteiger partial charge in [0, 0.05) is 19.0 Å². The Morgan fingerprint density at radius 2 is 1.47 bits per heavy atom. The fraction of sp³-hybridized carbons (Fsp3) is 0.400. The lowest BCUT2D eigenvalue weighted by Crippen LogP contribution is -2.42. The first-order valence-corrected chi connectivity index (χ1v) is 10.9. The molecule has 7 heteroatoms. The second-order valence-corrected chi connectivity index (χ2v) is 8.02. The van der Waals surface area contributed by atoms with Crippen LogP contribution in [0.25, 0.3) is 0 Å². The van der Waals surface area contributed by atoms with Crippen molar-refractivity contribution in [1.29, 1.82) is 0 Å². The molecule has 0 saturated carbocycles. The van der Waals surface area contributed by atoms with Crippen LogP contribution in [0.5, 0.6) is 0 Å². The number of aliphatic carboxylic acids is 2. The van der Waals surface area contributed by atoms with Crippen molar-refractivity contribution in [2.24, 2.45) is 5.92 Å². The summed E-state index contributed by atoms with van der Waals surface area (Å²) in [6.45, 7) is 6.14. The van der Waals surface area contributed by atoms with Gasteiger partial charge in [-0.15, -0.1) is 0 Å². The maximum Gasteiger partial charge on any atom is 0.414 e. The van der Waals surface area contributed by atoms with Gasteiger partial charge in [-0.1, -0.05) is 67.6 Å². The summed E-state index contributed by atoms with van der Waals surface area (Å²) in [5, 5.41) is 17.9. The summed E-state index contributed by atoms with van der Waals surface area (Å²) in [5.41, 5.74) is 2.67. The van der Waals surface area contributed by atoms with E-state index < -0.39 is 11.9 Å². The fourth-order valence-corrected chi connectivity index (χ4v) is 3.77. The van der Waals surface area contributed by atoms with Crippen LogP contribution >= 0.6 is 0 Å². The zero-order valence-corrected chi connectivity index (χ0v) is 18.4. The van der Waals surface area contributed by atoms with Gasteiger partial charge in [-0.25, -0.2) is 9.59 Å². The summed E-state index contributed by atoms with van der Waals surface area (Å²) in [6.07, 6.45) is 2.84. The molecule has 1 fully saturated rings. The van der Waals surface area contributed by atoms with E-state index in [-0.39, 0.29) is 11.8 Å². The maximum absolute atomic E-state index is 12.4. The summed E-state index contributed by atoms with van der Waals surface area (Å²) in [5.74, 6) is -2.71. The zero-order valence-electron chi connectivity index (χ0n) is 18.4. The number of hydrogen-bond donors (Lipinski definition) is 3. The monoisotopic (exact) mass is 440 g/mol. The molecule has 1 aliphatic heterocycles. The van der Waals surface area contributed by atoms with Crippen LogP contribution in [0.15, 0.2) is 60.7 Å². The summed E-state index contributed by atoms with van der Waals surface area (Å²) < 4.78 is 0. The van der Waals surface area contributed by atoms with Crippen LogP contribution in [0.4, 0.5) is 0 Å². The molecular weight excluding hydrogens is 408 g/mol. The van der Waals surface area contributed by atoms with Gasteiger partial charge in [-0.3, -0.25) is 4.79 Å². The van der Waals surface area contributed by atoms with Crippen LogP contribution in [0.1, 0.15) is 36.8 Å². The molecule has 1 unspecified atom stereocenters. The van der Waals surface area contributed by atoms with Crippen molar-refractivity contribution >= 4 is 17.8 Å². The number of carbonyl (C=O) groups is 3. The third kappa shape index (κ3) is 8.89. The minimum atomic E-state index is -1.82. The van der Waals surface area contributed by atoms with Gasteiger partial charge in [-0.2, -0.15) is 0 Å². The number of carboxylic acids is 2. The van der Waals surface area contributed by atoms with Gasteiger partial charge in [0.15, 0.2) is 0 Å². The predicted molar refractivity (Wildman–Crippen MR) is 122 cm³/mol. The third-order valence-corrected chi connectivity index (χ3v) is 5.60. The molecule has 0 aromatic heterocycles. The van der Waals surface area contributed by atoms with E-state index in [0.717, 1.165) is 45.4 Å². The van der Waals surface area contributed by atoms with Crippen LogP contribution in [0.2, 0.25) is 0 Å². The molecule has 3 N–H and O–H groups in total. The number of amides is 1. The van der Waals surface area contributed by atoms with Gasteiger partial charge < -0.3 is 20.4 Å². The van der Waals surface area contributed by atoms with Crippen LogP contribution in [0.3, 0.4) is 0 Å². The molecule has 172 valence electrons. The van der Waals surface area contributed by atoms with Gasteiger partial charge in [0.25, 0.3) is 0 Å². The maximum atomic E-state index is 12.4. The minimum absolute atomic E-state index is 0.175. The van der Waals surface area contributed by atoms with Crippen LogP contribution in [-0.4, -0.2) is 59.1 Å². The average molecular weight is 441 g/mol. The Kier molecular flexibility index (Phi) is 10.4. The number of nitrogens with zero attached hydrogens (tertiary/aromatic N) is 1. The van der Waals surface area contributed by atoms with E-state index in [0.29, 0.717) is 5.92 Å². The molecule has 7 nitrogen and oxygen atoms in total. The van der Waals surface area contributed by atoms with Crippen LogP contribution in [-0.2, 0) is 20.8 Å². The number of carboxylic acid groups (broad SMARTS) is 2. The Hall–Kier alpha value is -3.19. The van der Waals surface area contributed by atoms with Crippen molar-refractivity contribution in [2.75, 3.05) is 26.2 Å². The lowest BCUT2D eigenvalue weighted by molar-refractivity contribution is -0.159. The van der Waals surface area contributed by atoms with Crippen LogP contribution in [0, 0.1) is 5.92 Å². The Bertz CT molecular complexity index is 837. The molecule has 0 radical (unpaired) electrons. The number of nitrogens with one attached hydrogen (secondary N) is 1. The molecule has 0 aliphatic carbocycles. The van der Waals surface area contributed by atoms with Crippen molar-refractivity contribution in [3.63, 3.8) is 0 Å². The Balaban J connectivity index is 0.000000534. The molecule has 1 saturated heterocycles. The molecule has 2 aromatic rings. The summed E-state index contributed by atoms with van der Waals surface area (Å²) in [6, 6.07) is 21.0. The average Bonchev–Trinajstić information content (AvgIpc) is 2.81. The van der Waals surface area contributed by atoms with Crippen molar-refractivity contribution in [3.8, 4) is 0 Å². The highest BCUT2D eigenvalue weighted by atomic mass is 16.4. The molecule has 32 heavy (non-hydrogen) atoms.